The molecule has 0 saturated carbocycles. The van der Waals surface area contributed by atoms with Gasteiger partial charge in [-0.25, -0.2) is 8.78 Å². The lowest BCUT2D eigenvalue weighted by Gasteiger charge is -2.35. The van der Waals surface area contributed by atoms with Crippen molar-refractivity contribution < 1.29 is 13.6 Å². The van der Waals surface area contributed by atoms with Gasteiger partial charge in [0.15, 0.2) is 11.2 Å². The number of hydrogen-bond acceptors (Lipinski definition) is 4. The topological polar surface area (TPSA) is 67.9 Å². The Morgan fingerprint density at radius 1 is 0.879 bits per heavy atom. The Morgan fingerprint density at radius 3 is 2.12 bits per heavy atom. The summed E-state index contributed by atoms with van der Waals surface area (Å²) in [6.45, 7) is 0. The van der Waals surface area contributed by atoms with E-state index in [1.165, 1.54) is 48.5 Å². The standard InChI is InChI=1S/C27H17F2N3O/c28-20-10-5-18(6-11-20)24-25(26(33)19-7-12-21(29)13-8-19)32-22-4-2-1-3-17(22)9-14-23(32)27(24,15-30)16-31/h1-14,23-25H/t23-,24-,25+/m1/s1. The number of carbonyl (C=O) groups excluding carboxylic acids is 1. The second-order valence-electron chi connectivity index (χ2n) is 8.21. The van der Waals surface area contributed by atoms with Crippen molar-refractivity contribution >= 4 is 17.5 Å². The van der Waals surface area contributed by atoms with Gasteiger partial charge in [-0.05, 0) is 53.6 Å². The summed E-state index contributed by atoms with van der Waals surface area (Å²) in [4.78, 5) is 15.7. The summed E-state index contributed by atoms with van der Waals surface area (Å²) in [5.41, 5.74) is 0.758. The smallest absolute Gasteiger partial charge is 0.185 e. The molecular formula is C27H17F2N3O. The normalized spacial score (nSPS) is 22.1. The Kier molecular flexibility index (Phi) is 4.80. The fourth-order valence-corrected chi connectivity index (χ4v) is 5.06. The van der Waals surface area contributed by atoms with Gasteiger partial charge in [0.1, 0.15) is 17.7 Å². The molecule has 6 heteroatoms. The van der Waals surface area contributed by atoms with Crippen LogP contribution in [0.3, 0.4) is 0 Å². The first-order valence-electron chi connectivity index (χ1n) is 10.4. The van der Waals surface area contributed by atoms with Crippen molar-refractivity contribution in [1.82, 2.24) is 0 Å². The zero-order chi connectivity index (χ0) is 23.2. The van der Waals surface area contributed by atoms with Crippen LogP contribution in [0.5, 0.6) is 0 Å². The van der Waals surface area contributed by atoms with Crippen molar-refractivity contribution in [2.24, 2.45) is 5.41 Å². The third-order valence-electron chi connectivity index (χ3n) is 6.54. The average molecular weight is 437 g/mol. The van der Waals surface area contributed by atoms with Gasteiger partial charge in [0.05, 0.1) is 18.2 Å². The third-order valence-corrected chi connectivity index (χ3v) is 6.54. The molecule has 0 unspecified atom stereocenters. The molecule has 3 aromatic rings. The van der Waals surface area contributed by atoms with E-state index in [1.54, 1.807) is 6.08 Å². The first-order chi connectivity index (χ1) is 16.0. The molecule has 0 aliphatic carbocycles. The fraction of sp³-hybridized carbons (Fsp3) is 0.148. The summed E-state index contributed by atoms with van der Waals surface area (Å²) in [5.74, 6) is -2.14. The molecule has 1 fully saturated rings. The Labute approximate surface area is 189 Å². The minimum absolute atomic E-state index is 0.269. The molecule has 33 heavy (non-hydrogen) atoms. The summed E-state index contributed by atoms with van der Waals surface area (Å²) >= 11 is 0. The number of nitriles is 2. The molecule has 0 N–H and O–H groups in total. The van der Waals surface area contributed by atoms with Gasteiger partial charge in [-0.15, -0.1) is 0 Å². The molecule has 0 bridgehead atoms. The molecule has 3 atom stereocenters. The van der Waals surface area contributed by atoms with Gasteiger partial charge in [0.2, 0.25) is 0 Å². The molecule has 0 aromatic heterocycles. The molecule has 0 amide bonds. The molecule has 2 heterocycles. The van der Waals surface area contributed by atoms with E-state index in [4.69, 9.17) is 0 Å². The van der Waals surface area contributed by atoms with E-state index in [1.807, 2.05) is 35.2 Å². The second-order valence-corrected chi connectivity index (χ2v) is 8.21. The minimum atomic E-state index is -1.61. The first-order valence-corrected chi connectivity index (χ1v) is 10.4. The average Bonchev–Trinajstić information content (AvgIpc) is 3.15. The van der Waals surface area contributed by atoms with E-state index >= 15 is 0 Å². The van der Waals surface area contributed by atoms with Crippen LogP contribution in [-0.4, -0.2) is 17.9 Å². The van der Waals surface area contributed by atoms with Crippen molar-refractivity contribution in [3.63, 3.8) is 0 Å². The lowest BCUT2D eigenvalue weighted by Crippen LogP contribution is -2.44. The Morgan fingerprint density at radius 2 is 1.48 bits per heavy atom. The van der Waals surface area contributed by atoms with Crippen molar-refractivity contribution in [3.8, 4) is 12.1 Å². The van der Waals surface area contributed by atoms with Crippen LogP contribution in [0.25, 0.3) is 6.08 Å². The highest BCUT2D eigenvalue weighted by molar-refractivity contribution is 6.04. The summed E-state index contributed by atoms with van der Waals surface area (Å²) in [5, 5.41) is 20.7. The predicted molar refractivity (Wildman–Crippen MR) is 119 cm³/mol. The summed E-state index contributed by atoms with van der Waals surface area (Å²) in [6, 6.07) is 21.0. The molecule has 0 radical (unpaired) electrons. The quantitative estimate of drug-likeness (QED) is 0.525. The van der Waals surface area contributed by atoms with Crippen molar-refractivity contribution in [3.05, 3.63) is 107 Å². The molecule has 2 aliphatic heterocycles. The van der Waals surface area contributed by atoms with Crippen LogP contribution in [0.15, 0.2) is 78.9 Å². The van der Waals surface area contributed by atoms with Crippen molar-refractivity contribution in [2.45, 2.75) is 18.0 Å². The van der Waals surface area contributed by atoms with Crippen molar-refractivity contribution in [1.29, 1.82) is 10.5 Å². The van der Waals surface area contributed by atoms with Crippen LogP contribution in [0.1, 0.15) is 27.4 Å². The number of fused-ring (bicyclic) bond motifs is 3. The highest BCUT2D eigenvalue weighted by atomic mass is 19.1. The minimum Gasteiger partial charge on any atom is -0.351 e. The SMILES string of the molecule is N#CC1(C#N)[C@H](c2ccc(F)cc2)[C@@H](C(=O)c2ccc(F)cc2)N2c3ccccc3C=C[C@@H]21. The number of halogens is 2. The largest absolute Gasteiger partial charge is 0.351 e. The molecule has 4 nitrogen and oxygen atoms in total. The van der Waals surface area contributed by atoms with Gasteiger partial charge >= 0.3 is 0 Å². The van der Waals surface area contributed by atoms with E-state index in [0.717, 1.165) is 11.3 Å². The molecule has 160 valence electrons. The number of benzene rings is 3. The van der Waals surface area contributed by atoms with E-state index in [2.05, 4.69) is 12.1 Å². The second kappa shape index (κ2) is 7.69. The Balaban J connectivity index is 1.78. The number of carbonyl (C=O) groups is 1. The van der Waals surface area contributed by atoms with Crippen LogP contribution in [0.2, 0.25) is 0 Å². The maximum Gasteiger partial charge on any atom is 0.185 e. The third kappa shape index (κ3) is 3.03. The number of nitrogens with zero attached hydrogens (tertiary/aromatic N) is 3. The number of anilines is 1. The Bertz CT molecular complexity index is 1340. The predicted octanol–water partition coefficient (Wildman–Crippen LogP) is 5.25. The number of rotatable bonds is 3. The van der Waals surface area contributed by atoms with Gasteiger partial charge in [0, 0.05) is 17.2 Å². The summed E-state index contributed by atoms with van der Waals surface area (Å²) in [6.07, 6.45) is 3.63. The molecule has 1 saturated heterocycles. The van der Waals surface area contributed by atoms with E-state index in [-0.39, 0.29) is 11.3 Å². The van der Waals surface area contributed by atoms with Gasteiger partial charge in [-0.1, -0.05) is 42.5 Å². The van der Waals surface area contributed by atoms with Crippen molar-refractivity contribution in [2.75, 3.05) is 4.90 Å². The summed E-state index contributed by atoms with van der Waals surface area (Å²) < 4.78 is 27.3. The zero-order valence-corrected chi connectivity index (χ0v) is 17.3. The molecule has 0 spiro atoms. The highest BCUT2D eigenvalue weighted by Gasteiger charge is 2.63. The maximum absolute atomic E-state index is 13.9. The molecular weight excluding hydrogens is 420 g/mol. The maximum atomic E-state index is 13.9. The van der Waals surface area contributed by atoms with E-state index in [9.17, 15) is 24.1 Å². The fourth-order valence-electron chi connectivity index (χ4n) is 5.06. The number of Topliss-reactive ketones (excluding diaryl/α,β-unsaturated/α-hetero) is 1. The number of para-hydroxylation sites is 1. The first kappa shape index (κ1) is 20.6. The van der Waals surface area contributed by atoms with Crippen LogP contribution < -0.4 is 4.90 Å². The van der Waals surface area contributed by atoms with Crippen LogP contribution >= 0.6 is 0 Å². The lowest BCUT2D eigenvalue weighted by molar-refractivity contribution is 0.0951. The van der Waals surface area contributed by atoms with Crippen LogP contribution in [0.4, 0.5) is 14.5 Å². The van der Waals surface area contributed by atoms with E-state index in [0.29, 0.717) is 5.56 Å². The molecule has 5 rings (SSSR count). The van der Waals surface area contributed by atoms with Gasteiger partial charge in [-0.3, -0.25) is 4.79 Å². The molecule has 2 aliphatic rings. The number of ketones is 1. The lowest BCUT2D eigenvalue weighted by atomic mass is 9.69. The van der Waals surface area contributed by atoms with E-state index < -0.39 is 35.1 Å². The zero-order valence-electron chi connectivity index (χ0n) is 17.3. The van der Waals surface area contributed by atoms with Gasteiger partial charge in [-0.2, -0.15) is 10.5 Å². The van der Waals surface area contributed by atoms with Crippen LogP contribution in [-0.2, 0) is 0 Å². The number of hydrogen-bond donors (Lipinski definition) is 0. The highest BCUT2D eigenvalue weighted by Crippen LogP contribution is 2.55. The Hall–Kier alpha value is -4.29. The summed E-state index contributed by atoms with van der Waals surface area (Å²) in [7, 11) is 0. The van der Waals surface area contributed by atoms with Crippen LogP contribution in [0, 0.1) is 39.7 Å². The molecule has 3 aromatic carbocycles. The van der Waals surface area contributed by atoms with Gasteiger partial charge < -0.3 is 4.90 Å². The monoisotopic (exact) mass is 437 g/mol. The van der Waals surface area contributed by atoms with Gasteiger partial charge in [0.25, 0.3) is 0 Å².